The Morgan fingerprint density at radius 3 is 2.87 bits per heavy atom. The van der Waals surface area contributed by atoms with E-state index in [9.17, 15) is 4.79 Å². The highest BCUT2D eigenvalue weighted by Gasteiger charge is 2.30. The Hall–Kier alpha value is -3.22. The minimum Gasteiger partial charge on any atom is -0.359 e. The molecule has 1 atom stereocenters. The molecule has 1 saturated heterocycles. The molecule has 160 valence electrons. The molecule has 1 aromatic carbocycles. The zero-order chi connectivity index (χ0) is 21.2. The number of fused-ring (bicyclic) bond motifs is 1. The summed E-state index contributed by atoms with van der Waals surface area (Å²) in [7, 11) is 0. The van der Waals surface area contributed by atoms with E-state index in [-0.39, 0.29) is 11.8 Å². The first-order valence-electron chi connectivity index (χ1n) is 11.1. The number of rotatable bonds is 5. The number of nitrogens with zero attached hydrogens (tertiary/aromatic N) is 4. The summed E-state index contributed by atoms with van der Waals surface area (Å²) >= 11 is 0. The standard InChI is InChI=1S/C24H27N5O2/c1-16-13-19(31-28-16)14-25-24(30)18-9-6-12-29(15-18)23-20-10-5-11-21(20)26-22(27-23)17-7-3-2-4-8-17/h2-4,7-8,13,18H,5-6,9-12,14-15H2,1H3,(H,25,30). The van der Waals surface area contributed by atoms with Gasteiger partial charge in [0.05, 0.1) is 18.2 Å². The molecule has 2 aromatic heterocycles. The van der Waals surface area contributed by atoms with E-state index >= 15 is 0 Å². The quantitative estimate of drug-likeness (QED) is 0.684. The number of nitrogens with one attached hydrogen (secondary N) is 1. The van der Waals surface area contributed by atoms with E-state index < -0.39 is 0 Å². The molecule has 0 saturated carbocycles. The Kier molecular flexibility index (Phi) is 5.40. The number of aryl methyl sites for hydroxylation is 2. The van der Waals surface area contributed by atoms with Crippen molar-refractivity contribution in [3.63, 3.8) is 0 Å². The first-order chi connectivity index (χ1) is 15.2. The van der Waals surface area contributed by atoms with Gasteiger partial charge in [0.15, 0.2) is 11.6 Å². The van der Waals surface area contributed by atoms with Gasteiger partial charge >= 0.3 is 0 Å². The van der Waals surface area contributed by atoms with E-state index in [0.717, 1.165) is 67.2 Å². The summed E-state index contributed by atoms with van der Waals surface area (Å²) < 4.78 is 5.21. The maximum absolute atomic E-state index is 12.8. The number of piperidine rings is 1. The van der Waals surface area contributed by atoms with E-state index in [1.807, 2.05) is 31.2 Å². The van der Waals surface area contributed by atoms with Crippen LogP contribution in [0, 0.1) is 12.8 Å². The molecule has 0 radical (unpaired) electrons. The minimum absolute atomic E-state index is 0.0627. The molecular weight excluding hydrogens is 390 g/mol. The summed E-state index contributed by atoms with van der Waals surface area (Å²) in [5.41, 5.74) is 4.28. The van der Waals surface area contributed by atoms with Crippen LogP contribution in [-0.2, 0) is 24.2 Å². The van der Waals surface area contributed by atoms with Crippen molar-refractivity contribution in [2.24, 2.45) is 5.92 Å². The van der Waals surface area contributed by atoms with Crippen molar-refractivity contribution < 1.29 is 9.32 Å². The van der Waals surface area contributed by atoms with Crippen LogP contribution in [0.1, 0.15) is 42.0 Å². The second kappa shape index (κ2) is 8.49. The van der Waals surface area contributed by atoms with Gasteiger partial charge in [-0.05, 0) is 39.0 Å². The van der Waals surface area contributed by atoms with Crippen molar-refractivity contribution in [1.82, 2.24) is 20.4 Å². The zero-order valence-electron chi connectivity index (χ0n) is 17.8. The lowest BCUT2D eigenvalue weighted by Gasteiger charge is -2.34. The lowest BCUT2D eigenvalue weighted by Crippen LogP contribution is -2.43. The molecular formula is C24H27N5O2. The topological polar surface area (TPSA) is 84.2 Å². The van der Waals surface area contributed by atoms with Gasteiger partial charge in [-0.2, -0.15) is 0 Å². The Labute approximate surface area is 181 Å². The van der Waals surface area contributed by atoms with Crippen molar-refractivity contribution in [2.75, 3.05) is 18.0 Å². The van der Waals surface area contributed by atoms with Gasteiger partial charge in [-0.25, -0.2) is 9.97 Å². The summed E-state index contributed by atoms with van der Waals surface area (Å²) in [6, 6.07) is 12.0. The fraction of sp³-hybridized carbons (Fsp3) is 0.417. The molecule has 1 aliphatic carbocycles. The first-order valence-corrected chi connectivity index (χ1v) is 11.1. The van der Waals surface area contributed by atoms with Crippen LogP contribution in [0.5, 0.6) is 0 Å². The summed E-state index contributed by atoms with van der Waals surface area (Å²) in [6.45, 7) is 3.84. The molecule has 0 spiro atoms. The lowest BCUT2D eigenvalue weighted by molar-refractivity contribution is -0.125. The Balaban J connectivity index is 1.35. The Bertz CT molecular complexity index is 1080. The number of hydrogen-bond acceptors (Lipinski definition) is 6. The average molecular weight is 418 g/mol. The summed E-state index contributed by atoms with van der Waals surface area (Å²) in [4.78, 5) is 25.0. The van der Waals surface area contributed by atoms with E-state index in [0.29, 0.717) is 18.8 Å². The molecule has 1 amide bonds. The maximum atomic E-state index is 12.8. The lowest BCUT2D eigenvalue weighted by atomic mass is 9.96. The number of carbonyl (C=O) groups excluding carboxylic acids is 1. The van der Waals surface area contributed by atoms with Crippen LogP contribution in [0.15, 0.2) is 40.9 Å². The molecule has 3 heterocycles. The van der Waals surface area contributed by atoms with Crippen LogP contribution in [0.25, 0.3) is 11.4 Å². The number of amides is 1. The molecule has 1 N–H and O–H groups in total. The highest BCUT2D eigenvalue weighted by Crippen LogP contribution is 2.33. The summed E-state index contributed by atoms with van der Waals surface area (Å²) in [5.74, 6) is 2.48. The van der Waals surface area contributed by atoms with Gasteiger partial charge < -0.3 is 14.7 Å². The molecule has 3 aromatic rings. The van der Waals surface area contributed by atoms with Gasteiger partial charge in [-0.15, -0.1) is 0 Å². The van der Waals surface area contributed by atoms with Gasteiger partial charge in [0, 0.05) is 36.0 Å². The third-order valence-corrected chi connectivity index (χ3v) is 6.15. The van der Waals surface area contributed by atoms with Crippen molar-refractivity contribution in [1.29, 1.82) is 0 Å². The van der Waals surface area contributed by atoms with Crippen LogP contribution >= 0.6 is 0 Å². The number of carbonyl (C=O) groups is 1. The van der Waals surface area contributed by atoms with Gasteiger partial charge in [-0.3, -0.25) is 4.79 Å². The first kappa shape index (κ1) is 19.7. The SMILES string of the molecule is Cc1cc(CNC(=O)C2CCCN(c3nc(-c4ccccc4)nc4c3CCC4)C2)on1. The number of hydrogen-bond donors (Lipinski definition) is 1. The molecule has 1 aliphatic heterocycles. The van der Waals surface area contributed by atoms with E-state index in [1.54, 1.807) is 0 Å². The average Bonchev–Trinajstić information content (AvgIpc) is 3.46. The number of anilines is 1. The van der Waals surface area contributed by atoms with Crippen LogP contribution in [-0.4, -0.2) is 34.1 Å². The van der Waals surface area contributed by atoms with Gasteiger partial charge in [0.25, 0.3) is 0 Å². The van der Waals surface area contributed by atoms with Crippen molar-refractivity contribution in [2.45, 2.75) is 45.6 Å². The molecule has 1 fully saturated rings. The summed E-state index contributed by atoms with van der Waals surface area (Å²) in [5, 5.41) is 6.89. The van der Waals surface area contributed by atoms with E-state index in [1.165, 1.54) is 5.56 Å². The normalized spacial score (nSPS) is 18.1. The predicted molar refractivity (Wildman–Crippen MR) is 118 cm³/mol. The van der Waals surface area contributed by atoms with Crippen LogP contribution in [0.2, 0.25) is 0 Å². The Morgan fingerprint density at radius 1 is 1.19 bits per heavy atom. The van der Waals surface area contributed by atoms with Crippen molar-refractivity contribution in [3.8, 4) is 11.4 Å². The summed E-state index contributed by atoms with van der Waals surface area (Å²) in [6.07, 6.45) is 4.98. The van der Waals surface area contributed by atoms with Crippen LogP contribution in [0.4, 0.5) is 5.82 Å². The molecule has 7 nitrogen and oxygen atoms in total. The molecule has 7 heteroatoms. The smallest absolute Gasteiger partial charge is 0.225 e. The predicted octanol–water partition coefficient (Wildman–Crippen LogP) is 3.46. The molecule has 31 heavy (non-hydrogen) atoms. The van der Waals surface area contributed by atoms with Crippen LogP contribution < -0.4 is 10.2 Å². The molecule has 0 bridgehead atoms. The molecule has 2 aliphatic rings. The largest absolute Gasteiger partial charge is 0.359 e. The third kappa shape index (κ3) is 4.17. The number of benzene rings is 1. The van der Waals surface area contributed by atoms with Crippen molar-refractivity contribution >= 4 is 11.7 Å². The van der Waals surface area contributed by atoms with Gasteiger partial charge in [0.1, 0.15) is 5.82 Å². The monoisotopic (exact) mass is 417 g/mol. The number of aromatic nitrogens is 3. The minimum atomic E-state index is -0.0648. The highest BCUT2D eigenvalue weighted by atomic mass is 16.5. The van der Waals surface area contributed by atoms with Gasteiger partial charge in [0.2, 0.25) is 5.91 Å². The maximum Gasteiger partial charge on any atom is 0.225 e. The zero-order valence-corrected chi connectivity index (χ0v) is 17.8. The third-order valence-electron chi connectivity index (χ3n) is 6.15. The second-order valence-corrected chi connectivity index (χ2v) is 8.45. The van der Waals surface area contributed by atoms with Crippen LogP contribution in [0.3, 0.4) is 0 Å². The molecule has 5 rings (SSSR count). The fourth-order valence-corrected chi connectivity index (χ4v) is 4.59. The van der Waals surface area contributed by atoms with Crippen molar-refractivity contribution in [3.05, 3.63) is 59.1 Å². The van der Waals surface area contributed by atoms with Gasteiger partial charge in [-0.1, -0.05) is 35.5 Å². The second-order valence-electron chi connectivity index (χ2n) is 8.45. The molecule has 1 unspecified atom stereocenters. The van der Waals surface area contributed by atoms with E-state index in [4.69, 9.17) is 14.5 Å². The Morgan fingerprint density at radius 2 is 2.06 bits per heavy atom. The van der Waals surface area contributed by atoms with E-state index in [2.05, 4.69) is 27.5 Å². The highest BCUT2D eigenvalue weighted by molar-refractivity contribution is 5.79. The fourth-order valence-electron chi connectivity index (χ4n) is 4.59.